The number of esters is 1. The zero-order chi connectivity index (χ0) is 43.5. The van der Waals surface area contributed by atoms with E-state index in [0.717, 1.165) is 86.6 Å². The molecule has 340 valence electrons. The summed E-state index contributed by atoms with van der Waals surface area (Å²) in [6.45, 7) is 9.12. The zero-order valence-corrected chi connectivity index (χ0v) is 39.3. The van der Waals surface area contributed by atoms with E-state index in [0.29, 0.717) is 13.2 Å². The Morgan fingerprint density at radius 1 is 0.770 bits per heavy atom. The Balaban J connectivity index is 1.16. The molecule has 0 saturated carbocycles. The van der Waals surface area contributed by atoms with E-state index in [4.69, 9.17) is 33.2 Å². The molecule has 0 spiro atoms. The van der Waals surface area contributed by atoms with Gasteiger partial charge in [-0.1, -0.05) is 132 Å². The molecule has 0 amide bonds. The van der Waals surface area contributed by atoms with Gasteiger partial charge in [0.25, 0.3) is 8.32 Å². The van der Waals surface area contributed by atoms with Crippen LogP contribution < -0.4 is 10.4 Å². The second-order valence-corrected chi connectivity index (χ2v) is 22.3. The number of ether oxygens (including phenoxy) is 7. The van der Waals surface area contributed by atoms with Crippen LogP contribution in [0.25, 0.3) is 0 Å². The lowest BCUT2D eigenvalue weighted by Crippen LogP contribution is -2.65. The molecule has 2 saturated heterocycles. The van der Waals surface area contributed by atoms with Crippen molar-refractivity contribution in [1.29, 1.82) is 0 Å². The van der Waals surface area contributed by atoms with Crippen molar-refractivity contribution in [2.45, 2.75) is 185 Å². The fraction of sp³-hybridized carbons (Fsp3) is 0.667. The van der Waals surface area contributed by atoms with E-state index >= 15 is 0 Å². The molecule has 10 heteroatoms. The van der Waals surface area contributed by atoms with Crippen LogP contribution in [0.2, 0.25) is 5.04 Å². The van der Waals surface area contributed by atoms with Crippen LogP contribution in [0.1, 0.15) is 137 Å². The highest BCUT2D eigenvalue weighted by molar-refractivity contribution is 6.98. The first-order valence-electron chi connectivity index (χ1n) is 23.5. The third-order valence-electron chi connectivity index (χ3n) is 13.2. The quantitative estimate of drug-likeness (QED) is 0.0282. The first-order valence-corrected chi connectivity index (χ1v) is 25.5. The van der Waals surface area contributed by atoms with Crippen LogP contribution in [0.15, 0.2) is 84.5 Å². The molecule has 3 aliphatic heterocycles. The van der Waals surface area contributed by atoms with Crippen LogP contribution >= 0.6 is 0 Å². The van der Waals surface area contributed by atoms with Crippen molar-refractivity contribution in [2.75, 3.05) is 27.8 Å². The summed E-state index contributed by atoms with van der Waals surface area (Å²) < 4.78 is 41.9. The number of carbonyl (C=O) groups is 1. The Labute approximate surface area is 369 Å². The fourth-order valence-electron chi connectivity index (χ4n) is 10.0. The molecule has 8 atom stereocenters. The average Bonchev–Trinajstić information content (AvgIpc) is 4.03. The highest BCUT2D eigenvalue weighted by Crippen LogP contribution is 2.44. The molecule has 1 N–H and O–H groups in total. The normalized spacial score (nSPS) is 23.7. The van der Waals surface area contributed by atoms with E-state index in [1.54, 1.807) is 14.2 Å². The highest BCUT2D eigenvalue weighted by atomic mass is 28.4. The fourth-order valence-corrected chi connectivity index (χ4v) is 13.9. The molecule has 0 unspecified atom stereocenters. The van der Waals surface area contributed by atoms with Gasteiger partial charge in [-0.25, -0.2) is 4.79 Å². The summed E-state index contributed by atoms with van der Waals surface area (Å²) in [5, 5.41) is 1.58. The van der Waals surface area contributed by atoms with Crippen LogP contribution in [0.4, 0.5) is 0 Å². The number of hydrogen-bond acceptors (Lipinski definition) is 9. The van der Waals surface area contributed by atoms with Gasteiger partial charge in [-0.3, -0.25) is 0 Å². The van der Waals surface area contributed by atoms with Crippen molar-refractivity contribution >= 4 is 24.7 Å². The van der Waals surface area contributed by atoms with Crippen molar-refractivity contribution in [1.82, 2.24) is 0 Å². The summed E-state index contributed by atoms with van der Waals surface area (Å²) in [5.74, 6) is -0.0225. The Kier molecular flexibility index (Phi) is 20.7. The summed E-state index contributed by atoms with van der Waals surface area (Å²) in [6.07, 6.45) is 23.7. The van der Waals surface area contributed by atoms with Gasteiger partial charge in [-0.05, 0) is 105 Å². The second-order valence-electron chi connectivity index (χ2n) is 18.4. The van der Waals surface area contributed by atoms with Crippen LogP contribution in [0.3, 0.4) is 0 Å². The third kappa shape index (κ3) is 14.4. The maximum atomic E-state index is 12.9. The van der Waals surface area contributed by atoms with E-state index in [-0.39, 0.29) is 61.4 Å². The number of hydrogen-bond donors (Lipinski definition) is 1. The van der Waals surface area contributed by atoms with E-state index in [2.05, 4.69) is 57.2 Å². The number of rotatable bonds is 29. The topological polar surface area (TPSA) is 102 Å². The first kappa shape index (κ1) is 49.3. The summed E-state index contributed by atoms with van der Waals surface area (Å²) in [6, 6.07) is 20.4. The molecule has 0 radical (unpaired) electrons. The molecule has 3 heterocycles. The van der Waals surface area contributed by atoms with Gasteiger partial charge < -0.3 is 38.0 Å². The van der Waals surface area contributed by atoms with Gasteiger partial charge in [0.1, 0.15) is 19.7 Å². The maximum Gasteiger partial charge on any atom is 0.334 e. The summed E-state index contributed by atoms with van der Waals surface area (Å²) in [5.41, 5.74) is 0.757. The van der Waals surface area contributed by atoms with Gasteiger partial charge in [0.15, 0.2) is 0 Å². The van der Waals surface area contributed by atoms with Gasteiger partial charge in [-0.15, -0.1) is 0 Å². The average molecular weight is 863 g/mol. The van der Waals surface area contributed by atoms with Crippen molar-refractivity contribution in [3.8, 4) is 0 Å². The van der Waals surface area contributed by atoms with Crippen molar-refractivity contribution in [2.24, 2.45) is 5.92 Å². The van der Waals surface area contributed by atoms with E-state index in [9.17, 15) is 9.59 Å². The number of unbranched alkanes of at least 4 members (excludes halogenated alkanes) is 6. The molecular formula is C51H78O9Si. The summed E-state index contributed by atoms with van der Waals surface area (Å²) in [7, 11) is 0.125. The lowest BCUT2D eigenvalue weighted by atomic mass is 9.86. The predicted molar refractivity (Wildman–Crippen MR) is 245 cm³/mol. The van der Waals surface area contributed by atoms with Crippen molar-refractivity contribution in [3.63, 3.8) is 0 Å². The molecule has 61 heavy (non-hydrogen) atoms. The lowest BCUT2D eigenvalue weighted by molar-refractivity contribution is -0.156. The van der Waals surface area contributed by atoms with Crippen molar-refractivity contribution in [3.05, 3.63) is 84.5 Å². The van der Waals surface area contributed by atoms with Crippen molar-refractivity contribution < 1.29 is 42.7 Å². The van der Waals surface area contributed by atoms with E-state index in [1.165, 1.54) is 32.1 Å². The van der Waals surface area contributed by atoms with E-state index in [1.807, 2.05) is 49.4 Å². The van der Waals surface area contributed by atoms with Gasteiger partial charge in [0.2, 0.25) is 0 Å². The molecule has 3 aliphatic rings. The Morgan fingerprint density at radius 2 is 1.34 bits per heavy atom. The molecule has 2 aromatic carbocycles. The Morgan fingerprint density at radius 3 is 1.92 bits per heavy atom. The van der Waals surface area contributed by atoms with Crippen LogP contribution in [0, 0.1) is 5.92 Å². The summed E-state index contributed by atoms with van der Waals surface area (Å²) >= 11 is 0. The standard InChI is InChI=1S/C51H78O9Si/c1-7-8-9-10-11-21-28-44(56-37-54-5)46-30-32-48(59-46)49-33-31-47(60-49)45(57-38-55-6)29-22-13-12-16-23-40(35-41-34-39(2)58-50(41)52)36-51(3,4)61(53,42-24-17-14-18-25-42)43-26-19-15-20-27-43/h13-15,17-20,22,24-27,34,39-40,44-49,53H,7-12,16,21,23,28-33,35-38H2,1-6H3/b22-13+/t39-,40+,44+,45+,46+,47+,48+,49+/m0/s1. The SMILES string of the molecule is CCCCCCCC[C@@H](OCOC)[C@H]1CC[C@H]([C@H]2CC[C@H]([C@@H](C/C=C/CCC[C@H](CC3=C[C@H](C)OC3=O)CC(C)(C)[Si](O)(c3ccccc3)c3ccccc3)OCOC)O2)O1. The maximum absolute atomic E-state index is 12.9. The molecule has 5 rings (SSSR count). The van der Waals surface area contributed by atoms with Gasteiger partial charge in [0.05, 0.1) is 36.6 Å². The Bertz CT molecular complexity index is 1560. The van der Waals surface area contributed by atoms with Crippen LogP contribution in [-0.2, 0) is 38.0 Å². The lowest BCUT2D eigenvalue weighted by Gasteiger charge is -2.43. The second kappa shape index (κ2) is 25.6. The minimum Gasteiger partial charge on any atom is -0.455 e. The molecule has 2 fully saturated rings. The first-order chi connectivity index (χ1) is 29.6. The number of methoxy groups -OCH3 is 2. The molecule has 0 aromatic heterocycles. The molecule has 0 bridgehead atoms. The smallest absolute Gasteiger partial charge is 0.334 e. The summed E-state index contributed by atoms with van der Waals surface area (Å²) in [4.78, 5) is 25.7. The minimum atomic E-state index is -3.22. The van der Waals surface area contributed by atoms with Crippen LogP contribution in [-0.4, -0.2) is 89.6 Å². The zero-order valence-electron chi connectivity index (χ0n) is 38.3. The predicted octanol–water partition coefficient (Wildman–Crippen LogP) is 9.73. The monoisotopic (exact) mass is 863 g/mol. The molecular weight excluding hydrogens is 785 g/mol. The van der Waals surface area contributed by atoms with E-state index < -0.39 is 13.4 Å². The Hall–Kier alpha value is -2.67. The van der Waals surface area contributed by atoms with Gasteiger partial charge >= 0.3 is 5.97 Å². The molecule has 9 nitrogen and oxygen atoms in total. The van der Waals surface area contributed by atoms with Gasteiger partial charge in [0, 0.05) is 19.8 Å². The number of allylic oxidation sites excluding steroid dienone is 1. The largest absolute Gasteiger partial charge is 0.455 e. The minimum absolute atomic E-state index is 0.0262. The number of cyclic esters (lactones) is 1. The van der Waals surface area contributed by atoms with Crippen LogP contribution in [0.5, 0.6) is 0 Å². The highest BCUT2D eigenvalue weighted by Gasteiger charge is 2.51. The third-order valence-corrected chi connectivity index (χ3v) is 17.7. The number of carbonyl (C=O) groups excluding carboxylic acids is 1. The van der Waals surface area contributed by atoms with Gasteiger partial charge in [-0.2, -0.15) is 0 Å². The molecule has 0 aliphatic carbocycles. The number of benzene rings is 2. The molecule has 2 aromatic rings.